The lowest BCUT2D eigenvalue weighted by molar-refractivity contribution is 0.313. The summed E-state index contributed by atoms with van der Waals surface area (Å²) >= 11 is 5.82. The fourth-order valence-corrected chi connectivity index (χ4v) is 2.51. The van der Waals surface area contributed by atoms with Gasteiger partial charge in [0.05, 0.1) is 5.02 Å². The van der Waals surface area contributed by atoms with Gasteiger partial charge in [0.2, 0.25) is 0 Å². The fourth-order valence-electron chi connectivity index (χ4n) is 2.35. The number of nitrogens with one attached hydrogen (secondary N) is 1. The summed E-state index contributed by atoms with van der Waals surface area (Å²) in [6, 6.07) is 3.21. The number of likely N-dealkylation sites (N-methyl/N-ethyl adjacent to an activating group) is 1. The Morgan fingerprint density at radius 1 is 1.44 bits per heavy atom. The Kier molecular flexibility index (Phi) is 2.19. The maximum atomic E-state index is 13.3. The first-order valence-corrected chi connectivity index (χ1v) is 5.70. The Morgan fingerprint density at radius 2 is 2.25 bits per heavy atom. The Balaban J connectivity index is 2.27. The second-order valence-corrected chi connectivity index (χ2v) is 4.79. The fraction of sp³-hybridized carbons (Fsp3) is 0.333. The predicted molar refractivity (Wildman–Crippen MR) is 63.3 cm³/mol. The van der Waals surface area contributed by atoms with Gasteiger partial charge in [0.15, 0.2) is 0 Å². The largest absolute Gasteiger partial charge is 0.358 e. The van der Waals surface area contributed by atoms with Crippen LogP contribution in [0.5, 0.6) is 0 Å². The molecule has 1 aliphatic rings. The molecule has 1 aromatic carbocycles. The van der Waals surface area contributed by atoms with Crippen LogP contribution in [0.25, 0.3) is 10.9 Å². The van der Waals surface area contributed by atoms with E-state index in [9.17, 15) is 4.39 Å². The highest BCUT2D eigenvalue weighted by molar-refractivity contribution is 6.31. The van der Waals surface area contributed by atoms with Gasteiger partial charge < -0.3 is 9.88 Å². The molecule has 1 N–H and O–H groups in total. The molecule has 0 saturated carbocycles. The van der Waals surface area contributed by atoms with E-state index >= 15 is 0 Å². The van der Waals surface area contributed by atoms with E-state index < -0.39 is 0 Å². The minimum atomic E-state index is -0.360. The van der Waals surface area contributed by atoms with Crippen LogP contribution in [0.3, 0.4) is 0 Å². The van der Waals surface area contributed by atoms with Crippen molar-refractivity contribution in [3.05, 3.63) is 34.2 Å². The smallest absolute Gasteiger partial charge is 0.143 e. The van der Waals surface area contributed by atoms with Gasteiger partial charge >= 0.3 is 0 Å². The standard InChI is InChI=1S/C12H12ClFN2/c1-16-3-2-11-8(6-16)7-4-9(13)10(14)5-12(7)15-11/h4-5,15H,2-3,6H2,1H3. The molecule has 0 aliphatic carbocycles. The molecule has 0 spiro atoms. The van der Waals surface area contributed by atoms with Gasteiger partial charge in [-0.1, -0.05) is 11.6 Å². The molecule has 1 aromatic heterocycles. The van der Waals surface area contributed by atoms with Crippen LogP contribution in [-0.2, 0) is 13.0 Å². The summed E-state index contributed by atoms with van der Waals surface area (Å²) in [4.78, 5) is 5.54. The highest BCUT2D eigenvalue weighted by Crippen LogP contribution is 2.30. The van der Waals surface area contributed by atoms with Crippen LogP contribution in [0.4, 0.5) is 4.39 Å². The lowest BCUT2D eigenvalue weighted by Crippen LogP contribution is -2.25. The number of aromatic amines is 1. The van der Waals surface area contributed by atoms with Gasteiger partial charge in [-0.05, 0) is 24.7 Å². The topological polar surface area (TPSA) is 19.0 Å². The third-order valence-electron chi connectivity index (χ3n) is 3.21. The van der Waals surface area contributed by atoms with Gasteiger partial charge in [-0.15, -0.1) is 0 Å². The quantitative estimate of drug-likeness (QED) is 0.748. The van der Waals surface area contributed by atoms with Crippen molar-refractivity contribution in [2.24, 2.45) is 0 Å². The summed E-state index contributed by atoms with van der Waals surface area (Å²) < 4.78 is 13.3. The van der Waals surface area contributed by atoms with E-state index in [2.05, 4.69) is 16.9 Å². The summed E-state index contributed by atoms with van der Waals surface area (Å²) in [5.74, 6) is -0.360. The van der Waals surface area contributed by atoms with Gasteiger partial charge in [-0.3, -0.25) is 0 Å². The molecule has 0 amide bonds. The number of aromatic nitrogens is 1. The molecule has 4 heteroatoms. The number of fused-ring (bicyclic) bond motifs is 3. The van der Waals surface area contributed by atoms with Gasteiger partial charge in [-0.2, -0.15) is 0 Å². The zero-order valence-corrected chi connectivity index (χ0v) is 9.74. The van der Waals surface area contributed by atoms with E-state index in [0.717, 1.165) is 30.4 Å². The number of rotatable bonds is 0. The molecule has 0 radical (unpaired) electrons. The normalized spacial score (nSPS) is 16.7. The van der Waals surface area contributed by atoms with Crippen molar-refractivity contribution in [2.75, 3.05) is 13.6 Å². The lowest BCUT2D eigenvalue weighted by Gasteiger charge is -2.22. The molecule has 2 aromatic rings. The van der Waals surface area contributed by atoms with Crippen molar-refractivity contribution in [1.82, 2.24) is 9.88 Å². The Morgan fingerprint density at radius 3 is 3.06 bits per heavy atom. The van der Waals surface area contributed by atoms with E-state index in [1.165, 1.54) is 17.3 Å². The summed E-state index contributed by atoms with van der Waals surface area (Å²) in [6.07, 6.45) is 0.986. The van der Waals surface area contributed by atoms with Crippen LogP contribution >= 0.6 is 11.6 Å². The third kappa shape index (κ3) is 1.43. The molecule has 2 heterocycles. The van der Waals surface area contributed by atoms with E-state index in [-0.39, 0.29) is 10.8 Å². The number of benzene rings is 1. The third-order valence-corrected chi connectivity index (χ3v) is 3.50. The van der Waals surface area contributed by atoms with Gasteiger partial charge in [-0.25, -0.2) is 4.39 Å². The van der Waals surface area contributed by atoms with Crippen LogP contribution in [-0.4, -0.2) is 23.5 Å². The van der Waals surface area contributed by atoms with Gasteiger partial charge in [0.25, 0.3) is 0 Å². The summed E-state index contributed by atoms with van der Waals surface area (Å²) in [7, 11) is 2.09. The molecule has 0 bridgehead atoms. The number of H-pyrrole nitrogens is 1. The molecule has 3 rings (SSSR count). The maximum Gasteiger partial charge on any atom is 0.143 e. The summed E-state index contributed by atoms with van der Waals surface area (Å²) in [5, 5.41) is 1.25. The molecule has 0 fully saturated rings. The maximum absolute atomic E-state index is 13.3. The molecule has 0 saturated heterocycles. The highest BCUT2D eigenvalue weighted by atomic mass is 35.5. The van der Waals surface area contributed by atoms with Crippen LogP contribution in [0.15, 0.2) is 12.1 Å². The van der Waals surface area contributed by atoms with Crippen molar-refractivity contribution in [1.29, 1.82) is 0 Å². The minimum Gasteiger partial charge on any atom is -0.358 e. The van der Waals surface area contributed by atoms with E-state index in [4.69, 9.17) is 11.6 Å². The average Bonchev–Trinajstić information content (AvgIpc) is 2.57. The Bertz CT molecular complexity index is 562. The first kappa shape index (κ1) is 10.1. The minimum absolute atomic E-state index is 0.197. The van der Waals surface area contributed by atoms with Gasteiger partial charge in [0.1, 0.15) is 5.82 Å². The molecule has 16 heavy (non-hydrogen) atoms. The summed E-state index contributed by atoms with van der Waals surface area (Å²) in [5.41, 5.74) is 3.32. The molecule has 0 unspecified atom stereocenters. The zero-order chi connectivity index (χ0) is 11.3. The predicted octanol–water partition coefficient (Wildman–Crippen LogP) is 2.95. The lowest BCUT2D eigenvalue weighted by atomic mass is 10.1. The highest BCUT2D eigenvalue weighted by Gasteiger charge is 2.19. The van der Waals surface area contributed by atoms with Crippen LogP contribution in [0.2, 0.25) is 5.02 Å². The van der Waals surface area contributed by atoms with E-state index in [1.807, 2.05) is 0 Å². The zero-order valence-electron chi connectivity index (χ0n) is 8.98. The second-order valence-electron chi connectivity index (χ2n) is 4.38. The van der Waals surface area contributed by atoms with Gasteiger partial charge in [0, 0.05) is 36.1 Å². The number of hydrogen-bond acceptors (Lipinski definition) is 1. The van der Waals surface area contributed by atoms with Crippen LogP contribution in [0, 0.1) is 5.82 Å². The number of nitrogens with zero attached hydrogens (tertiary/aromatic N) is 1. The monoisotopic (exact) mass is 238 g/mol. The Labute approximate surface area is 98.0 Å². The van der Waals surface area contributed by atoms with Crippen LogP contribution < -0.4 is 0 Å². The number of halogens is 2. The van der Waals surface area contributed by atoms with Crippen molar-refractivity contribution in [2.45, 2.75) is 13.0 Å². The molecular formula is C12H12ClFN2. The second kappa shape index (κ2) is 3.47. The summed E-state index contributed by atoms with van der Waals surface area (Å²) in [6.45, 7) is 1.94. The van der Waals surface area contributed by atoms with Crippen LogP contribution in [0.1, 0.15) is 11.3 Å². The molecular weight excluding hydrogens is 227 g/mol. The molecule has 2 nitrogen and oxygen atoms in total. The van der Waals surface area contributed by atoms with Crippen molar-refractivity contribution in [3.8, 4) is 0 Å². The van der Waals surface area contributed by atoms with Crippen molar-refractivity contribution >= 4 is 22.5 Å². The number of hydrogen-bond donors (Lipinski definition) is 1. The SMILES string of the molecule is CN1CCc2[nH]c3cc(F)c(Cl)cc3c2C1. The Hall–Kier alpha value is -1.06. The van der Waals surface area contributed by atoms with Crippen molar-refractivity contribution < 1.29 is 4.39 Å². The average molecular weight is 239 g/mol. The van der Waals surface area contributed by atoms with Crippen molar-refractivity contribution in [3.63, 3.8) is 0 Å². The molecule has 84 valence electrons. The first-order chi connectivity index (χ1) is 7.65. The van der Waals surface area contributed by atoms with E-state index in [0.29, 0.717) is 0 Å². The molecule has 0 atom stereocenters. The molecule has 1 aliphatic heterocycles. The first-order valence-electron chi connectivity index (χ1n) is 5.32. The van der Waals surface area contributed by atoms with E-state index in [1.54, 1.807) is 6.07 Å².